The van der Waals surface area contributed by atoms with Crippen molar-refractivity contribution in [1.82, 2.24) is 4.31 Å². The van der Waals surface area contributed by atoms with Crippen LogP contribution in [0.4, 0.5) is 4.39 Å². The Morgan fingerprint density at radius 2 is 1.84 bits per heavy atom. The van der Waals surface area contributed by atoms with Crippen LogP contribution in [0.3, 0.4) is 0 Å². The molecule has 1 fully saturated rings. The molecule has 2 aromatic carbocycles. The lowest BCUT2D eigenvalue weighted by atomic mass is 9.85. The standard InChI is InChI=1S/C19H17Cl2FN2O6S2/c1-29-31(25,26)12-19(11-30-15-4-2-13(8-23)17(22)7-15)9-24(10-19)32(27,28)18-5-3-14(20)6-16(18)21/h2-7H,9-12H2,1H3. The lowest BCUT2D eigenvalue weighted by Crippen LogP contribution is -2.63. The van der Waals surface area contributed by atoms with Crippen molar-refractivity contribution in [2.24, 2.45) is 5.41 Å². The van der Waals surface area contributed by atoms with Crippen LogP contribution in [0.1, 0.15) is 5.56 Å². The normalized spacial score (nSPS) is 16.2. The zero-order valence-electron chi connectivity index (χ0n) is 16.6. The predicted octanol–water partition coefficient (Wildman–Crippen LogP) is 3.05. The molecule has 8 nitrogen and oxygen atoms in total. The fraction of sp³-hybridized carbons (Fsp3) is 0.316. The highest BCUT2D eigenvalue weighted by Gasteiger charge is 2.52. The molecule has 0 spiro atoms. The van der Waals surface area contributed by atoms with E-state index < -0.39 is 37.1 Å². The molecule has 1 aliphatic heterocycles. The highest BCUT2D eigenvalue weighted by Crippen LogP contribution is 2.39. The van der Waals surface area contributed by atoms with Crippen LogP contribution in [-0.4, -0.2) is 53.7 Å². The van der Waals surface area contributed by atoms with Gasteiger partial charge in [-0.05, 0) is 30.3 Å². The summed E-state index contributed by atoms with van der Waals surface area (Å²) >= 11 is 11.9. The number of ether oxygens (including phenoxy) is 1. The van der Waals surface area contributed by atoms with Gasteiger partial charge in [0.25, 0.3) is 10.1 Å². The van der Waals surface area contributed by atoms with Crippen LogP contribution in [-0.2, 0) is 24.3 Å². The maximum Gasteiger partial charge on any atom is 0.267 e. The molecule has 0 radical (unpaired) electrons. The monoisotopic (exact) mass is 522 g/mol. The van der Waals surface area contributed by atoms with Crippen LogP contribution in [0.2, 0.25) is 10.0 Å². The van der Waals surface area contributed by atoms with E-state index in [1.54, 1.807) is 6.07 Å². The molecular formula is C19H17Cl2FN2O6S2. The molecule has 0 amide bonds. The predicted molar refractivity (Wildman–Crippen MR) is 115 cm³/mol. The maximum atomic E-state index is 13.8. The summed E-state index contributed by atoms with van der Waals surface area (Å²) in [4.78, 5) is -0.165. The third-order valence-electron chi connectivity index (χ3n) is 4.88. The Morgan fingerprint density at radius 1 is 1.16 bits per heavy atom. The van der Waals surface area contributed by atoms with E-state index in [1.807, 2.05) is 0 Å². The van der Waals surface area contributed by atoms with Gasteiger partial charge < -0.3 is 4.74 Å². The van der Waals surface area contributed by atoms with E-state index >= 15 is 0 Å². The molecule has 172 valence electrons. The fourth-order valence-corrected chi connectivity index (χ4v) is 6.81. The number of halogens is 3. The highest BCUT2D eigenvalue weighted by molar-refractivity contribution is 7.89. The average molecular weight is 523 g/mol. The summed E-state index contributed by atoms with van der Waals surface area (Å²) in [5.74, 6) is -1.24. The van der Waals surface area contributed by atoms with E-state index in [-0.39, 0.29) is 46.0 Å². The van der Waals surface area contributed by atoms with Crippen LogP contribution in [0, 0.1) is 22.6 Å². The Bertz CT molecular complexity index is 1290. The second-order valence-corrected chi connectivity index (χ2v) is 11.7. The van der Waals surface area contributed by atoms with Crippen molar-refractivity contribution in [1.29, 1.82) is 5.26 Å². The van der Waals surface area contributed by atoms with Crippen molar-refractivity contribution >= 4 is 43.3 Å². The smallest absolute Gasteiger partial charge is 0.267 e. The van der Waals surface area contributed by atoms with Gasteiger partial charge in [0.15, 0.2) is 0 Å². The third kappa shape index (κ3) is 5.17. The molecule has 0 atom stereocenters. The van der Waals surface area contributed by atoms with Crippen molar-refractivity contribution in [3.63, 3.8) is 0 Å². The topological polar surface area (TPSA) is 114 Å². The molecule has 0 aliphatic carbocycles. The molecule has 1 aliphatic rings. The Balaban J connectivity index is 1.82. The van der Waals surface area contributed by atoms with Gasteiger partial charge in [0, 0.05) is 29.6 Å². The molecule has 1 saturated heterocycles. The quantitative estimate of drug-likeness (QED) is 0.489. The van der Waals surface area contributed by atoms with Gasteiger partial charge in [-0.3, -0.25) is 4.18 Å². The number of benzene rings is 2. The summed E-state index contributed by atoms with van der Waals surface area (Å²) in [6.07, 6.45) is 0. The molecule has 32 heavy (non-hydrogen) atoms. The number of nitriles is 1. The van der Waals surface area contributed by atoms with Crippen molar-refractivity contribution in [2.75, 3.05) is 32.6 Å². The van der Waals surface area contributed by atoms with Crippen LogP contribution in [0.5, 0.6) is 5.75 Å². The van der Waals surface area contributed by atoms with Crippen molar-refractivity contribution in [3.05, 3.63) is 57.8 Å². The zero-order valence-corrected chi connectivity index (χ0v) is 19.7. The first-order chi connectivity index (χ1) is 14.9. The second-order valence-electron chi connectivity index (χ2n) is 7.26. The molecule has 13 heteroatoms. The van der Waals surface area contributed by atoms with E-state index in [0.29, 0.717) is 0 Å². The van der Waals surface area contributed by atoms with Gasteiger partial charge in [-0.2, -0.15) is 18.0 Å². The van der Waals surface area contributed by atoms with Crippen LogP contribution in [0.15, 0.2) is 41.3 Å². The first kappa shape index (κ1) is 24.7. The molecule has 0 saturated carbocycles. The van der Waals surface area contributed by atoms with Gasteiger partial charge in [-0.25, -0.2) is 12.8 Å². The summed E-state index contributed by atoms with van der Waals surface area (Å²) < 4.78 is 75.1. The van der Waals surface area contributed by atoms with Gasteiger partial charge in [-0.1, -0.05) is 23.2 Å². The number of nitrogens with zero attached hydrogens (tertiary/aromatic N) is 2. The molecular weight excluding hydrogens is 506 g/mol. The summed E-state index contributed by atoms with van der Waals surface area (Å²) in [6, 6.07) is 9.21. The first-order valence-electron chi connectivity index (χ1n) is 8.97. The fourth-order valence-electron chi connectivity index (χ4n) is 3.27. The van der Waals surface area contributed by atoms with E-state index in [0.717, 1.165) is 17.5 Å². The Labute approximate surface area is 195 Å². The lowest BCUT2D eigenvalue weighted by molar-refractivity contribution is 0.0371. The summed E-state index contributed by atoms with van der Waals surface area (Å²) in [5.41, 5.74) is -1.32. The van der Waals surface area contributed by atoms with E-state index in [9.17, 15) is 21.2 Å². The van der Waals surface area contributed by atoms with Crippen molar-refractivity contribution < 1.29 is 30.1 Å². The maximum absolute atomic E-state index is 13.8. The molecule has 0 unspecified atom stereocenters. The summed E-state index contributed by atoms with van der Waals surface area (Å²) in [5, 5.41) is 9.01. The SMILES string of the molecule is COS(=O)(=O)CC1(COc2ccc(C#N)c(F)c2)CN(S(=O)(=O)c2ccc(Cl)cc2Cl)C1. The molecule has 2 aromatic rings. The van der Waals surface area contributed by atoms with E-state index in [2.05, 4.69) is 4.18 Å². The molecule has 0 N–H and O–H groups in total. The van der Waals surface area contributed by atoms with Crippen LogP contribution < -0.4 is 4.74 Å². The minimum absolute atomic E-state index is 0.0659. The molecule has 3 rings (SSSR count). The summed E-state index contributed by atoms with van der Waals surface area (Å²) in [6.45, 7) is -0.632. The third-order valence-corrected chi connectivity index (χ3v) is 8.86. The molecule has 0 bridgehead atoms. The van der Waals surface area contributed by atoms with Gasteiger partial charge >= 0.3 is 0 Å². The second kappa shape index (κ2) is 9.13. The largest absolute Gasteiger partial charge is 0.493 e. The Hall–Kier alpha value is -1.94. The van der Waals surface area contributed by atoms with Gasteiger partial charge in [-0.15, -0.1) is 0 Å². The number of sulfonamides is 1. The Morgan fingerprint density at radius 3 is 2.41 bits per heavy atom. The van der Waals surface area contributed by atoms with Gasteiger partial charge in [0.05, 0.1) is 30.1 Å². The van der Waals surface area contributed by atoms with Crippen molar-refractivity contribution in [3.8, 4) is 11.8 Å². The van der Waals surface area contributed by atoms with Crippen LogP contribution >= 0.6 is 23.2 Å². The highest BCUT2D eigenvalue weighted by atomic mass is 35.5. The zero-order chi connectivity index (χ0) is 23.7. The minimum Gasteiger partial charge on any atom is -0.493 e. The number of rotatable bonds is 8. The van der Waals surface area contributed by atoms with Gasteiger partial charge in [0.2, 0.25) is 10.0 Å². The molecule has 1 heterocycles. The molecule has 0 aromatic heterocycles. The Kier molecular flexibility index (Phi) is 7.05. The van der Waals surface area contributed by atoms with Crippen LogP contribution in [0.25, 0.3) is 0 Å². The number of hydrogen-bond acceptors (Lipinski definition) is 7. The van der Waals surface area contributed by atoms with E-state index in [1.165, 1.54) is 30.3 Å². The first-order valence-corrected chi connectivity index (χ1v) is 12.7. The van der Waals surface area contributed by atoms with Crippen molar-refractivity contribution in [2.45, 2.75) is 4.90 Å². The summed E-state index contributed by atoms with van der Waals surface area (Å²) in [7, 11) is -7.00. The van der Waals surface area contributed by atoms with E-state index in [4.69, 9.17) is 33.2 Å². The number of hydrogen-bond donors (Lipinski definition) is 0. The average Bonchev–Trinajstić information content (AvgIpc) is 2.69. The minimum atomic E-state index is -4.03. The lowest BCUT2D eigenvalue weighted by Gasteiger charge is -2.48. The van der Waals surface area contributed by atoms with Gasteiger partial charge in [0.1, 0.15) is 22.5 Å².